The van der Waals surface area contributed by atoms with Gasteiger partial charge in [-0.25, -0.2) is 4.98 Å². The second-order valence-corrected chi connectivity index (χ2v) is 4.16. The fourth-order valence-corrected chi connectivity index (χ4v) is 1.90. The second-order valence-electron chi connectivity index (χ2n) is 4.16. The van der Waals surface area contributed by atoms with Crippen molar-refractivity contribution in [1.29, 1.82) is 0 Å². The highest BCUT2D eigenvalue weighted by molar-refractivity contribution is 5.76. The van der Waals surface area contributed by atoms with E-state index in [4.69, 9.17) is 18.6 Å². The molecule has 1 aromatic carbocycles. The van der Waals surface area contributed by atoms with E-state index in [2.05, 4.69) is 9.97 Å². The van der Waals surface area contributed by atoms with E-state index in [1.165, 1.54) is 6.33 Å². The number of benzene rings is 1. The first kappa shape index (κ1) is 13.2. The highest BCUT2D eigenvalue weighted by Gasteiger charge is 2.08. The van der Waals surface area contributed by atoms with E-state index in [1.54, 1.807) is 19.4 Å². The lowest BCUT2D eigenvalue weighted by atomic mass is 10.3. The number of ether oxygens (including phenoxy) is 3. The first-order valence-electron chi connectivity index (χ1n) is 6.45. The van der Waals surface area contributed by atoms with Crippen molar-refractivity contribution >= 4 is 11.1 Å². The summed E-state index contributed by atoms with van der Waals surface area (Å²) < 4.78 is 21.7. The normalized spacial score (nSPS) is 10.5. The van der Waals surface area contributed by atoms with Crippen molar-refractivity contribution in [1.82, 2.24) is 9.97 Å². The highest BCUT2D eigenvalue weighted by atomic mass is 16.5. The number of rotatable bonds is 6. The molecule has 0 amide bonds. The third-order valence-electron chi connectivity index (χ3n) is 2.86. The summed E-state index contributed by atoms with van der Waals surface area (Å²) >= 11 is 0. The number of aromatic nitrogens is 2. The average molecular weight is 286 g/mol. The second kappa shape index (κ2) is 6.13. The van der Waals surface area contributed by atoms with Gasteiger partial charge in [0, 0.05) is 6.07 Å². The molecule has 0 saturated carbocycles. The molecule has 0 unspecified atom stereocenters. The Morgan fingerprint density at radius 2 is 1.81 bits per heavy atom. The predicted molar refractivity (Wildman–Crippen MR) is 75.8 cm³/mol. The van der Waals surface area contributed by atoms with Gasteiger partial charge in [0.1, 0.15) is 25.1 Å². The van der Waals surface area contributed by atoms with Crippen LogP contribution in [0.4, 0.5) is 0 Å². The zero-order valence-corrected chi connectivity index (χ0v) is 11.5. The number of furan rings is 1. The fourth-order valence-electron chi connectivity index (χ4n) is 1.90. The van der Waals surface area contributed by atoms with E-state index in [9.17, 15) is 0 Å². The van der Waals surface area contributed by atoms with Crippen LogP contribution in [0.5, 0.6) is 17.4 Å². The molecule has 0 aliphatic heterocycles. The zero-order chi connectivity index (χ0) is 14.5. The number of hydrogen-bond acceptors (Lipinski definition) is 6. The molecule has 6 nitrogen and oxygen atoms in total. The van der Waals surface area contributed by atoms with E-state index in [1.807, 2.05) is 24.3 Å². The van der Waals surface area contributed by atoms with E-state index in [-0.39, 0.29) is 0 Å². The van der Waals surface area contributed by atoms with Gasteiger partial charge < -0.3 is 18.6 Å². The molecular weight excluding hydrogens is 272 g/mol. The average Bonchev–Trinajstić information content (AvgIpc) is 3.01. The molecule has 108 valence electrons. The maximum Gasteiger partial charge on any atom is 0.261 e. The Balaban J connectivity index is 1.58. The fraction of sp³-hybridized carbons (Fsp3) is 0.200. The van der Waals surface area contributed by atoms with Crippen LogP contribution in [-0.2, 0) is 0 Å². The molecule has 2 heterocycles. The van der Waals surface area contributed by atoms with Crippen LogP contribution in [0.3, 0.4) is 0 Å². The van der Waals surface area contributed by atoms with Crippen LogP contribution in [0.2, 0.25) is 0 Å². The molecule has 0 spiro atoms. The molecule has 2 aromatic heterocycles. The molecule has 3 aromatic rings. The Labute approximate surface area is 121 Å². The standard InChI is InChI=1S/C15H14N2O4/c1-18-12-4-2-3-5-13(12)19-8-9-21-15-14-11(6-7-20-14)16-10-17-15/h2-7,10H,8-9H2,1H3. The van der Waals surface area contributed by atoms with Gasteiger partial charge in [0.2, 0.25) is 5.58 Å². The van der Waals surface area contributed by atoms with Crippen molar-refractivity contribution in [2.24, 2.45) is 0 Å². The summed E-state index contributed by atoms with van der Waals surface area (Å²) in [5.74, 6) is 1.77. The maximum atomic E-state index is 5.62. The van der Waals surface area contributed by atoms with Crippen molar-refractivity contribution in [3.63, 3.8) is 0 Å². The van der Waals surface area contributed by atoms with E-state index in [0.717, 1.165) is 0 Å². The van der Waals surface area contributed by atoms with Crippen LogP contribution in [0.1, 0.15) is 0 Å². The van der Waals surface area contributed by atoms with Gasteiger partial charge in [-0.05, 0) is 12.1 Å². The first-order valence-corrected chi connectivity index (χ1v) is 6.45. The maximum absolute atomic E-state index is 5.62. The molecule has 0 fully saturated rings. The zero-order valence-electron chi connectivity index (χ0n) is 11.5. The van der Waals surface area contributed by atoms with Crippen LogP contribution < -0.4 is 14.2 Å². The number of para-hydroxylation sites is 2. The molecule has 0 radical (unpaired) electrons. The third-order valence-corrected chi connectivity index (χ3v) is 2.86. The molecule has 0 saturated heterocycles. The van der Waals surface area contributed by atoms with Gasteiger partial charge in [0.05, 0.1) is 13.4 Å². The summed E-state index contributed by atoms with van der Waals surface area (Å²) in [7, 11) is 1.60. The summed E-state index contributed by atoms with van der Waals surface area (Å²) in [6.07, 6.45) is 2.99. The van der Waals surface area contributed by atoms with Crippen molar-refractivity contribution in [3.05, 3.63) is 42.9 Å². The monoisotopic (exact) mass is 286 g/mol. The van der Waals surface area contributed by atoms with Crippen molar-refractivity contribution in [2.75, 3.05) is 20.3 Å². The van der Waals surface area contributed by atoms with Gasteiger partial charge in [0.15, 0.2) is 11.5 Å². The Morgan fingerprint density at radius 3 is 2.67 bits per heavy atom. The summed E-state index contributed by atoms with van der Waals surface area (Å²) in [4.78, 5) is 8.12. The lowest BCUT2D eigenvalue weighted by molar-refractivity contribution is 0.206. The van der Waals surface area contributed by atoms with Crippen LogP contribution in [0, 0.1) is 0 Å². The summed E-state index contributed by atoms with van der Waals surface area (Å²) in [5, 5.41) is 0. The van der Waals surface area contributed by atoms with Gasteiger partial charge in [-0.15, -0.1) is 0 Å². The molecule has 0 bridgehead atoms. The van der Waals surface area contributed by atoms with E-state index in [0.29, 0.717) is 41.7 Å². The molecule has 3 rings (SSSR count). The topological polar surface area (TPSA) is 66.6 Å². The van der Waals surface area contributed by atoms with Crippen LogP contribution >= 0.6 is 0 Å². The minimum absolute atomic E-state index is 0.338. The number of nitrogens with zero attached hydrogens (tertiary/aromatic N) is 2. The van der Waals surface area contributed by atoms with Gasteiger partial charge >= 0.3 is 0 Å². The lowest BCUT2D eigenvalue weighted by Gasteiger charge is -2.10. The molecule has 21 heavy (non-hydrogen) atoms. The van der Waals surface area contributed by atoms with Crippen molar-refractivity contribution in [2.45, 2.75) is 0 Å². The van der Waals surface area contributed by atoms with Gasteiger partial charge in [0.25, 0.3) is 5.88 Å². The van der Waals surface area contributed by atoms with Gasteiger partial charge in [-0.3, -0.25) is 0 Å². The Bertz CT molecular complexity index is 726. The third kappa shape index (κ3) is 2.89. The number of fused-ring (bicyclic) bond motifs is 1. The minimum Gasteiger partial charge on any atom is -0.493 e. The minimum atomic E-state index is 0.338. The smallest absolute Gasteiger partial charge is 0.261 e. The largest absolute Gasteiger partial charge is 0.493 e. The summed E-state index contributed by atoms with van der Waals surface area (Å²) in [6.45, 7) is 0.706. The molecule has 0 aliphatic carbocycles. The van der Waals surface area contributed by atoms with Crippen molar-refractivity contribution in [3.8, 4) is 17.4 Å². The SMILES string of the molecule is COc1ccccc1OCCOc1ncnc2ccoc12. The first-order chi connectivity index (χ1) is 10.4. The summed E-state index contributed by atoms with van der Waals surface area (Å²) in [5.41, 5.74) is 1.25. The highest BCUT2D eigenvalue weighted by Crippen LogP contribution is 2.26. The van der Waals surface area contributed by atoms with Crippen LogP contribution in [0.25, 0.3) is 11.1 Å². The molecule has 0 N–H and O–H groups in total. The predicted octanol–water partition coefficient (Wildman–Crippen LogP) is 2.69. The van der Waals surface area contributed by atoms with E-state index < -0.39 is 0 Å². The van der Waals surface area contributed by atoms with E-state index >= 15 is 0 Å². The Morgan fingerprint density at radius 1 is 1.00 bits per heavy atom. The quantitative estimate of drug-likeness (QED) is 0.649. The van der Waals surface area contributed by atoms with Gasteiger partial charge in [-0.1, -0.05) is 12.1 Å². The lowest BCUT2D eigenvalue weighted by Crippen LogP contribution is -2.10. The number of hydrogen-bond donors (Lipinski definition) is 0. The molecular formula is C15H14N2O4. The van der Waals surface area contributed by atoms with Crippen molar-refractivity contribution < 1.29 is 18.6 Å². The molecule has 6 heteroatoms. The Kier molecular flexibility index (Phi) is 3.86. The summed E-state index contributed by atoms with van der Waals surface area (Å²) in [6, 6.07) is 9.21. The van der Waals surface area contributed by atoms with Crippen LogP contribution in [0.15, 0.2) is 47.3 Å². The molecule has 0 aliphatic rings. The van der Waals surface area contributed by atoms with Gasteiger partial charge in [-0.2, -0.15) is 4.98 Å². The number of methoxy groups -OCH3 is 1. The van der Waals surface area contributed by atoms with Crippen LogP contribution in [-0.4, -0.2) is 30.3 Å². The Hall–Kier alpha value is -2.76. The molecule has 0 atom stereocenters.